The number of aryl methyl sites for hydroxylation is 1. The molecule has 2 rings (SSSR count). The van der Waals surface area contributed by atoms with E-state index in [4.69, 9.17) is 4.98 Å². The summed E-state index contributed by atoms with van der Waals surface area (Å²) < 4.78 is 0. The zero-order chi connectivity index (χ0) is 15.1. The molecule has 3 nitrogen and oxygen atoms in total. The van der Waals surface area contributed by atoms with Crippen molar-refractivity contribution >= 4 is 5.82 Å². The third kappa shape index (κ3) is 4.99. The van der Waals surface area contributed by atoms with Gasteiger partial charge in [0.25, 0.3) is 0 Å². The van der Waals surface area contributed by atoms with Crippen LogP contribution in [0.1, 0.15) is 57.2 Å². The van der Waals surface area contributed by atoms with Crippen molar-refractivity contribution in [3.8, 4) is 0 Å². The molecule has 1 N–H and O–H groups in total. The SMILES string of the molecule is CCNCc1cc(CC)nc(N(C)CC2CCCCC2)c1. The molecule has 0 unspecified atom stereocenters. The van der Waals surface area contributed by atoms with Crippen LogP contribution in [0.25, 0.3) is 0 Å². The molecule has 0 amide bonds. The molecule has 0 aromatic carbocycles. The number of pyridine rings is 1. The van der Waals surface area contributed by atoms with E-state index in [1.165, 1.54) is 43.4 Å². The first-order valence-electron chi connectivity index (χ1n) is 8.64. The van der Waals surface area contributed by atoms with Gasteiger partial charge in [-0.1, -0.05) is 33.1 Å². The summed E-state index contributed by atoms with van der Waals surface area (Å²) >= 11 is 0. The van der Waals surface area contributed by atoms with Gasteiger partial charge in [0.15, 0.2) is 0 Å². The fraction of sp³-hybridized carbons (Fsp3) is 0.722. The summed E-state index contributed by atoms with van der Waals surface area (Å²) in [6.45, 7) is 7.44. The molecule has 0 aliphatic heterocycles. The minimum atomic E-state index is 0.855. The number of hydrogen-bond donors (Lipinski definition) is 1. The van der Waals surface area contributed by atoms with Gasteiger partial charge in [-0.2, -0.15) is 0 Å². The van der Waals surface area contributed by atoms with E-state index in [1.54, 1.807) is 0 Å². The molecule has 21 heavy (non-hydrogen) atoms. The lowest BCUT2D eigenvalue weighted by Gasteiger charge is -2.28. The third-order valence-corrected chi connectivity index (χ3v) is 4.51. The Bertz CT molecular complexity index is 424. The summed E-state index contributed by atoms with van der Waals surface area (Å²) in [5.74, 6) is 2.00. The Morgan fingerprint density at radius 3 is 2.62 bits per heavy atom. The van der Waals surface area contributed by atoms with Crippen molar-refractivity contribution < 1.29 is 0 Å². The molecule has 1 aliphatic rings. The van der Waals surface area contributed by atoms with E-state index < -0.39 is 0 Å². The van der Waals surface area contributed by atoms with Crippen LogP contribution in [0.2, 0.25) is 0 Å². The average Bonchev–Trinajstić information content (AvgIpc) is 2.53. The van der Waals surface area contributed by atoms with Crippen LogP contribution in [0.4, 0.5) is 5.82 Å². The summed E-state index contributed by atoms with van der Waals surface area (Å²) in [6, 6.07) is 4.49. The predicted molar refractivity (Wildman–Crippen MR) is 90.8 cm³/mol. The fourth-order valence-corrected chi connectivity index (χ4v) is 3.23. The Labute approximate surface area is 130 Å². The number of nitrogens with zero attached hydrogens (tertiary/aromatic N) is 2. The maximum Gasteiger partial charge on any atom is 0.128 e. The molecular weight excluding hydrogens is 258 g/mol. The first-order valence-corrected chi connectivity index (χ1v) is 8.64. The van der Waals surface area contributed by atoms with Gasteiger partial charge in [0, 0.05) is 25.8 Å². The molecule has 1 aromatic heterocycles. The second-order valence-electron chi connectivity index (χ2n) is 6.34. The molecule has 0 spiro atoms. The van der Waals surface area contributed by atoms with E-state index in [0.29, 0.717) is 0 Å². The van der Waals surface area contributed by atoms with Gasteiger partial charge in [0.2, 0.25) is 0 Å². The standard InChI is InChI=1S/C18H31N3/c1-4-17-11-16(13-19-5-2)12-18(20-17)21(3)14-15-9-7-6-8-10-15/h11-12,15,19H,4-10,13-14H2,1-3H3. The molecular formula is C18H31N3. The van der Waals surface area contributed by atoms with E-state index >= 15 is 0 Å². The number of rotatable bonds is 7. The first-order chi connectivity index (χ1) is 10.2. The van der Waals surface area contributed by atoms with Crippen LogP contribution in [0.3, 0.4) is 0 Å². The van der Waals surface area contributed by atoms with Crippen LogP contribution in [0.15, 0.2) is 12.1 Å². The van der Waals surface area contributed by atoms with Gasteiger partial charge in [-0.05, 0) is 49.4 Å². The minimum Gasteiger partial charge on any atom is -0.359 e. The van der Waals surface area contributed by atoms with Crippen molar-refractivity contribution in [1.29, 1.82) is 0 Å². The Balaban J connectivity index is 2.05. The molecule has 0 bridgehead atoms. The quantitative estimate of drug-likeness (QED) is 0.828. The topological polar surface area (TPSA) is 28.2 Å². The number of hydrogen-bond acceptors (Lipinski definition) is 3. The van der Waals surface area contributed by atoms with Gasteiger partial charge in [-0.15, -0.1) is 0 Å². The molecule has 0 atom stereocenters. The molecule has 1 fully saturated rings. The highest BCUT2D eigenvalue weighted by molar-refractivity contribution is 5.42. The zero-order valence-electron chi connectivity index (χ0n) is 14.0. The second-order valence-corrected chi connectivity index (χ2v) is 6.34. The van der Waals surface area contributed by atoms with Crippen molar-refractivity contribution in [3.05, 3.63) is 23.4 Å². The summed E-state index contributed by atoms with van der Waals surface area (Å²) in [7, 11) is 2.20. The molecule has 1 heterocycles. The Hall–Kier alpha value is -1.09. The first kappa shape index (κ1) is 16.3. The van der Waals surface area contributed by atoms with Gasteiger partial charge >= 0.3 is 0 Å². The van der Waals surface area contributed by atoms with Crippen LogP contribution in [0.5, 0.6) is 0 Å². The van der Waals surface area contributed by atoms with Crippen LogP contribution in [0, 0.1) is 5.92 Å². The average molecular weight is 289 g/mol. The summed E-state index contributed by atoms with van der Waals surface area (Å²) in [6.07, 6.45) is 8.03. The maximum atomic E-state index is 4.82. The molecule has 0 radical (unpaired) electrons. The monoisotopic (exact) mass is 289 g/mol. The number of aromatic nitrogens is 1. The third-order valence-electron chi connectivity index (χ3n) is 4.51. The van der Waals surface area contributed by atoms with Crippen LogP contribution >= 0.6 is 0 Å². The van der Waals surface area contributed by atoms with E-state index in [2.05, 4.69) is 43.2 Å². The zero-order valence-corrected chi connectivity index (χ0v) is 14.0. The normalized spacial score (nSPS) is 16.1. The molecule has 118 valence electrons. The summed E-state index contributed by atoms with van der Waals surface area (Å²) in [4.78, 5) is 7.19. The van der Waals surface area contributed by atoms with Crippen LogP contribution < -0.4 is 10.2 Å². The minimum absolute atomic E-state index is 0.855. The van der Waals surface area contributed by atoms with Gasteiger partial charge in [-0.3, -0.25) is 0 Å². The van der Waals surface area contributed by atoms with Gasteiger partial charge in [-0.25, -0.2) is 4.98 Å². The van der Waals surface area contributed by atoms with Gasteiger partial charge < -0.3 is 10.2 Å². The molecule has 1 aromatic rings. The lowest BCUT2D eigenvalue weighted by atomic mass is 9.89. The van der Waals surface area contributed by atoms with E-state index in [1.807, 2.05) is 0 Å². The van der Waals surface area contributed by atoms with E-state index in [0.717, 1.165) is 37.8 Å². The molecule has 3 heteroatoms. The highest BCUT2D eigenvalue weighted by atomic mass is 15.2. The van der Waals surface area contributed by atoms with E-state index in [9.17, 15) is 0 Å². The lowest BCUT2D eigenvalue weighted by molar-refractivity contribution is 0.361. The van der Waals surface area contributed by atoms with E-state index in [-0.39, 0.29) is 0 Å². The van der Waals surface area contributed by atoms with Crippen molar-refractivity contribution in [1.82, 2.24) is 10.3 Å². The Kier molecular flexibility index (Phi) is 6.50. The van der Waals surface area contributed by atoms with Crippen LogP contribution in [-0.2, 0) is 13.0 Å². The molecule has 1 saturated carbocycles. The number of nitrogens with one attached hydrogen (secondary N) is 1. The maximum absolute atomic E-state index is 4.82. The molecule has 1 aliphatic carbocycles. The highest BCUT2D eigenvalue weighted by Gasteiger charge is 2.16. The van der Waals surface area contributed by atoms with Gasteiger partial charge in [0.1, 0.15) is 5.82 Å². The predicted octanol–water partition coefficient (Wildman–Crippen LogP) is 3.77. The number of anilines is 1. The van der Waals surface area contributed by atoms with Crippen molar-refractivity contribution in [3.63, 3.8) is 0 Å². The molecule has 0 saturated heterocycles. The summed E-state index contributed by atoms with van der Waals surface area (Å²) in [5, 5.41) is 3.42. The van der Waals surface area contributed by atoms with Crippen molar-refractivity contribution in [2.24, 2.45) is 5.92 Å². The van der Waals surface area contributed by atoms with Gasteiger partial charge in [0.05, 0.1) is 0 Å². The Morgan fingerprint density at radius 2 is 1.95 bits per heavy atom. The lowest BCUT2D eigenvalue weighted by Crippen LogP contribution is -2.28. The van der Waals surface area contributed by atoms with Crippen molar-refractivity contribution in [2.45, 2.75) is 58.9 Å². The smallest absolute Gasteiger partial charge is 0.128 e. The fourth-order valence-electron chi connectivity index (χ4n) is 3.23. The van der Waals surface area contributed by atoms with Crippen LogP contribution in [-0.4, -0.2) is 25.1 Å². The van der Waals surface area contributed by atoms with Crippen molar-refractivity contribution in [2.75, 3.05) is 25.0 Å². The summed E-state index contributed by atoms with van der Waals surface area (Å²) in [5.41, 5.74) is 2.56. The second kappa shape index (κ2) is 8.38. The highest BCUT2D eigenvalue weighted by Crippen LogP contribution is 2.25. The largest absolute Gasteiger partial charge is 0.359 e. The Morgan fingerprint density at radius 1 is 1.19 bits per heavy atom.